The van der Waals surface area contributed by atoms with E-state index < -0.39 is 0 Å². The highest BCUT2D eigenvalue weighted by Crippen LogP contribution is 2.23. The molecular formula is C34H58N2O6. The number of carbonyl (C=O) groups excluding carboxylic acids is 1. The van der Waals surface area contributed by atoms with Crippen LogP contribution in [0.4, 0.5) is 0 Å². The molecule has 1 aromatic carbocycles. The molecule has 42 heavy (non-hydrogen) atoms. The van der Waals surface area contributed by atoms with Crippen molar-refractivity contribution in [3.05, 3.63) is 35.4 Å². The van der Waals surface area contributed by atoms with Gasteiger partial charge in [0.1, 0.15) is 0 Å². The van der Waals surface area contributed by atoms with Crippen molar-refractivity contribution in [2.24, 2.45) is 0 Å². The van der Waals surface area contributed by atoms with Crippen molar-refractivity contribution in [1.29, 1.82) is 0 Å². The van der Waals surface area contributed by atoms with Crippen LogP contribution >= 0.6 is 0 Å². The highest BCUT2D eigenvalue weighted by Gasteiger charge is 2.25. The topological polar surface area (TPSA) is 78.5 Å². The van der Waals surface area contributed by atoms with Crippen LogP contribution in [0.2, 0.25) is 0 Å². The number of ether oxygens (including phenoxy) is 5. The third-order valence-corrected chi connectivity index (χ3v) is 8.33. The number of nitrogens with one attached hydrogen (secondary N) is 1. The van der Waals surface area contributed by atoms with Crippen LogP contribution < -0.4 is 5.32 Å². The first kappa shape index (κ1) is 34.9. The van der Waals surface area contributed by atoms with Crippen molar-refractivity contribution < 1.29 is 28.5 Å². The highest BCUT2D eigenvalue weighted by molar-refractivity contribution is 5.76. The molecule has 2 fully saturated rings. The lowest BCUT2D eigenvalue weighted by molar-refractivity contribution is -0.135. The zero-order chi connectivity index (χ0) is 29.5. The summed E-state index contributed by atoms with van der Waals surface area (Å²) < 4.78 is 28.2. The Hall–Kier alpha value is -1.55. The summed E-state index contributed by atoms with van der Waals surface area (Å²) >= 11 is 0. The van der Waals surface area contributed by atoms with Gasteiger partial charge in [-0.15, -0.1) is 0 Å². The second-order valence-corrected chi connectivity index (χ2v) is 11.7. The van der Waals surface area contributed by atoms with E-state index in [4.69, 9.17) is 23.7 Å². The summed E-state index contributed by atoms with van der Waals surface area (Å²) in [5.41, 5.74) is 2.47. The average molecular weight is 591 g/mol. The van der Waals surface area contributed by atoms with Gasteiger partial charge >= 0.3 is 0 Å². The van der Waals surface area contributed by atoms with Gasteiger partial charge in [-0.1, -0.05) is 68.4 Å². The number of nitrogens with zero attached hydrogens (tertiary/aromatic N) is 1. The molecule has 240 valence electrons. The SMILES string of the molecule is Cc1ccc(CCC(=O)N(CCOCCOCCOCCOCCOCCNC2CCCCC2)C2CCCCC2)cc1. The normalized spacial score (nSPS) is 16.6. The van der Waals surface area contributed by atoms with Crippen molar-refractivity contribution >= 4 is 5.91 Å². The van der Waals surface area contributed by atoms with Gasteiger partial charge in [-0.05, 0) is 44.6 Å². The van der Waals surface area contributed by atoms with E-state index in [-0.39, 0.29) is 5.91 Å². The largest absolute Gasteiger partial charge is 0.378 e. The lowest BCUT2D eigenvalue weighted by Gasteiger charge is -2.34. The molecule has 1 aromatic rings. The molecular weight excluding hydrogens is 532 g/mol. The molecule has 0 unspecified atom stereocenters. The van der Waals surface area contributed by atoms with E-state index in [0.717, 1.165) is 32.4 Å². The van der Waals surface area contributed by atoms with Crippen molar-refractivity contribution in [2.45, 2.75) is 96.1 Å². The number of amides is 1. The Bertz CT molecular complexity index is 796. The maximum atomic E-state index is 13.2. The molecule has 2 aliphatic rings. The molecule has 3 rings (SSSR count). The van der Waals surface area contributed by atoms with E-state index in [1.807, 2.05) is 0 Å². The maximum Gasteiger partial charge on any atom is 0.223 e. The van der Waals surface area contributed by atoms with Crippen LogP contribution in [-0.2, 0) is 34.9 Å². The number of rotatable bonds is 23. The summed E-state index contributed by atoms with van der Waals surface area (Å²) in [5, 5.41) is 3.58. The molecule has 0 atom stereocenters. The second-order valence-electron chi connectivity index (χ2n) is 11.7. The van der Waals surface area contributed by atoms with Crippen LogP contribution in [0.3, 0.4) is 0 Å². The molecule has 0 radical (unpaired) electrons. The van der Waals surface area contributed by atoms with Crippen LogP contribution in [0.25, 0.3) is 0 Å². The number of carbonyl (C=O) groups is 1. The second kappa shape index (κ2) is 22.9. The molecule has 0 aromatic heterocycles. The van der Waals surface area contributed by atoms with Crippen molar-refractivity contribution in [1.82, 2.24) is 10.2 Å². The lowest BCUT2D eigenvalue weighted by atomic mass is 9.93. The third-order valence-electron chi connectivity index (χ3n) is 8.33. The summed E-state index contributed by atoms with van der Waals surface area (Å²) in [6.07, 6.45) is 14.0. The fourth-order valence-electron chi connectivity index (χ4n) is 5.84. The Kier molecular flexibility index (Phi) is 19.1. The van der Waals surface area contributed by atoms with Crippen molar-refractivity contribution in [2.75, 3.05) is 79.2 Å². The molecule has 1 N–H and O–H groups in total. The Labute approximate surface area is 255 Å². The van der Waals surface area contributed by atoms with E-state index >= 15 is 0 Å². The van der Waals surface area contributed by atoms with Crippen LogP contribution in [-0.4, -0.2) is 102 Å². The molecule has 0 heterocycles. The van der Waals surface area contributed by atoms with E-state index in [1.165, 1.54) is 62.5 Å². The Morgan fingerprint density at radius 3 is 1.76 bits per heavy atom. The summed E-state index contributed by atoms with van der Waals surface area (Å²) in [4.78, 5) is 15.2. The average Bonchev–Trinajstić information content (AvgIpc) is 3.02. The van der Waals surface area contributed by atoms with Crippen molar-refractivity contribution in [3.8, 4) is 0 Å². The number of benzene rings is 1. The molecule has 0 aliphatic heterocycles. The Morgan fingerprint density at radius 2 is 1.19 bits per heavy atom. The summed E-state index contributed by atoms with van der Waals surface area (Å²) in [5.74, 6) is 0.248. The van der Waals surface area contributed by atoms with Gasteiger partial charge in [0.2, 0.25) is 5.91 Å². The van der Waals surface area contributed by atoms with Crippen LogP contribution in [0.5, 0.6) is 0 Å². The van der Waals surface area contributed by atoms with Gasteiger partial charge in [0.05, 0.1) is 66.1 Å². The highest BCUT2D eigenvalue weighted by atomic mass is 16.6. The van der Waals surface area contributed by atoms with Gasteiger partial charge in [-0.25, -0.2) is 0 Å². The maximum absolute atomic E-state index is 13.2. The number of hydrogen-bond donors (Lipinski definition) is 1. The summed E-state index contributed by atoms with van der Waals surface area (Å²) in [7, 11) is 0. The first-order valence-corrected chi connectivity index (χ1v) is 16.7. The Balaban J connectivity index is 1.11. The molecule has 2 saturated carbocycles. The number of aryl methyl sites for hydroxylation is 2. The third kappa shape index (κ3) is 15.8. The van der Waals surface area contributed by atoms with Gasteiger partial charge in [0, 0.05) is 31.6 Å². The minimum atomic E-state index is 0.248. The van der Waals surface area contributed by atoms with E-state index in [9.17, 15) is 4.79 Å². The molecule has 1 amide bonds. The lowest BCUT2D eigenvalue weighted by Crippen LogP contribution is -2.43. The summed E-state index contributed by atoms with van der Waals surface area (Å²) in [6, 6.07) is 9.53. The van der Waals surface area contributed by atoms with Crippen LogP contribution in [0, 0.1) is 6.92 Å². The van der Waals surface area contributed by atoms with Gasteiger partial charge < -0.3 is 33.9 Å². The zero-order valence-corrected chi connectivity index (χ0v) is 26.3. The Morgan fingerprint density at radius 1 is 0.690 bits per heavy atom. The van der Waals surface area contributed by atoms with Gasteiger partial charge in [-0.3, -0.25) is 4.79 Å². The quantitative estimate of drug-likeness (QED) is 0.178. The fourth-order valence-corrected chi connectivity index (χ4v) is 5.84. The van der Waals surface area contributed by atoms with Gasteiger partial charge in [0.15, 0.2) is 0 Å². The van der Waals surface area contributed by atoms with Gasteiger partial charge in [-0.2, -0.15) is 0 Å². The first-order valence-electron chi connectivity index (χ1n) is 16.7. The molecule has 8 heteroatoms. The first-order chi connectivity index (χ1) is 20.7. The molecule has 0 bridgehead atoms. The zero-order valence-electron chi connectivity index (χ0n) is 26.3. The van der Waals surface area contributed by atoms with Crippen LogP contribution in [0.15, 0.2) is 24.3 Å². The monoisotopic (exact) mass is 590 g/mol. The van der Waals surface area contributed by atoms with E-state index in [1.54, 1.807) is 0 Å². The van der Waals surface area contributed by atoms with Crippen LogP contribution in [0.1, 0.15) is 81.8 Å². The standard InChI is InChI=1S/C34H58N2O6/c1-30-12-14-31(15-13-30)16-17-34(37)36(33-10-6-3-7-11-33)19-21-39-23-25-41-27-29-42-28-26-40-24-22-38-20-18-35-32-8-4-2-5-9-32/h12-15,32-33,35H,2-11,16-29H2,1H3. The molecule has 2 aliphatic carbocycles. The van der Waals surface area contributed by atoms with Crippen molar-refractivity contribution in [3.63, 3.8) is 0 Å². The predicted molar refractivity (Wildman–Crippen MR) is 167 cm³/mol. The molecule has 0 spiro atoms. The smallest absolute Gasteiger partial charge is 0.223 e. The predicted octanol–water partition coefficient (Wildman–Crippen LogP) is 5.09. The molecule has 8 nitrogen and oxygen atoms in total. The minimum Gasteiger partial charge on any atom is -0.378 e. The summed E-state index contributed by atoms with van der Waals surface area (Å²) in [6.45, 7) is 9.41. The number of hydrogen-bond acceptors (Lipinski definition) is 7. The molecule has 0 saturated heterocycles. The van der Waals surface area contributed by atoms with E-state index in [0.29, 0.717) is 84.5 Å². The fraction of sp³-hybridized carbons (Fsp3) is 0.794. The van der Waals surface area contributed by atoms with Gasteiger partial charge in [0.25, 0.3) is 0 Å². The van der Waals surface area contributed by atoms with E-state index in [2.05, 4.69) is 41.4 Å². The minimum absolute atomic E-state index is 0.248.